The molecule has 11 aromatic rings. The lowest BCUT2D eigenvalue weighted by Gasteiger charge is -2.33. The molecule has 0 N–H and O–H groups in total. The Morgan fingerprint density at radius 1 is 0.333 bits per heavy atom. The largest absolute Gasteiger partial charge is 0.258 e. The number of hydrogen-bond donors (Lipinski definition) is 0. The highest BCUT2D eigenvalue weighted by molar-refractivity contribution is 5.98. The molecule has 0 spiro atoms. The van der Waals surface area contributed by atoms with Gasteiger partial charge in [0.05, 0.1) is 5.41 Å². The molecule has 2 aliphatic rings. The van der Waals surface area contributed by atoms with E-state index in [9.17, 15) is 0 Å². The van der Waals surface area contributed by atoms with Crippen LogP contribution >= 0.6 is 0 Å². The Morgan fingerprint density at radius 3 is 1.55 bits per heavy atom. The summed E-state index contributed by atoms with van der Waals surface area (Å²) in [6, 6.07) is 85.2. The Hall–Kier alpha value is -9.38. The summed E-state index contributed by atoms with van der Waals surface area (Å²) in [7, 11) is 0. The smallest absolute Gasteiger partial charge is 0.164 e. The third kappa shape index (κ3) is 8.03. The van der Waals surface area contributed by atoms with Crippen LogP contribution in [0.2, 0.25) is 0 Å². The van der Waals surface area contributed by atoms with Crippen molar-refractivity contribution >= 4 is 5.57 Å². The SMILES string of the molecule is Cc1ccc(-c2ccccc2-c2nc(-c3ccc(-c4c(C5=CCCC=C5)cc(-c5ccccc5)cc4-c4ccccc4)cc3)nc(-c3cccc4c3-c3ccccc3C4(c3ccccc3)c3ccccc3)n2)c(C)n1. The van der Waals surface area contributed by atoms with Crippen LogP contribution in [0, 0.1) is 13.8 Å². The van der Waals surface area contributed by atoms with Crippen LogP contribution in [0.5, 0.6) is 0 Å². The molecule has 0 bridgehead atoms. The van der Waals surface area contributed by atoms with E-state index in [1.54, 1.807) is 0 Å². The van der Waals surface area contributed by atoms with Crippen molar-refractivity contribution in [2.24, 2.45) is 0 Å². The van der Waals surface area contributed by atoms with Gasteiger partial charge in [-0.25, -0.2) is 15.0 Å². The van der Waals surface area contributed by atoms with E-state index in [0.29, 0.717) is 17.5 Å². The topological polar surface area (TPSA) is 51.6 Å². The standard InChI is InChI=1S/C71H52N4/c1-47-39-44-57(48(2)72-47)58-33-18-19-34-59(58)69-73-68(74-70(75-69)61-36-22-38-65-67(61)60-35-20-21-37-64(60)71(65,55-29-14-6-15-30-55)56-31-16-7-17-32-56)53-42-40-52(41-43-53)66-62(50-25-10-4-11-26-50)45-54(49-23-8-3-9-24-49)46-63(66)51-27-12-5-13-28-51/h3-4,6-12,14-46H,5,13H2,1-2H3. The first-order valence-electron chi connectivity index (χ1n) is 25.9. The molecule has 0 unspecified atom stereocenters. The molecule has 0 fully saturated rings. The first-order chi connectivity index (χ1) is 37.0. The van der Waals surface area contributed by atoms with Gasteiger partial charge in [0.1, 0.15) is 0 Å². The first kappa shape index (κ1) is 45.5. The molecule has 2 heterocycles. The quantitative estimate of drug-likeness (QED) is 0.137. The maximum Gasteiger partial charge on any atom is 0.164 e. The van der Waals surface area contributed by atoms with Crippen LogP contribution in [0.3, 0.4) is 0 Å². The number of fused-ring (bicyclic) bond motifs is 3. The highest BCUT2D eigenvalue weighted by Gasteiger charge is 2.47. The summed E-state index contributed by atoms with van der Waals surface area (Å²) in [5.74, 6) is 1.80. The van der Waals surface area contributed by atoms with Gasteiger partial charge in [0.2, 0.25) is 0 Å². The number of aryl methyl sites for hydroxylation is 2. The minimum absolute atomic E-state index is 0.582. The number of allylic oxidation sites excluding steroid dienone is 4. The van der Waals surface area contributed by atoms with E-state index < -0.39 is 5.41 Å². The van der Waals surface area contributed by atoms with Crippen LogP contribution in [0.4, 0.5) is 0 Å². The second-order valence-electron chi connectivity index (χ2n) is 19.6. The normalized spacial score (nSPS) is 13.2. The van der Waals surface area contributed by atoms with Crippen LogP contribution in [-0.4, -0.2) is 19.9 Å². The van der Waals surface area contributed by atoms with Gasteiger partial charge in [-0.05, 0) is 128 Å². The lowest BCUT2D eigenvalue weighted by Crippen LogP contribution is -2.28. The van der Waals surface area contributed by atoms with Gasteiger partial charge in [-0.3, -0.25) is 4.98 Å². The molecule has 0 saturated heterocycles. The van der Waals surface area contributed by atoms with Gasteiger partial charge in [0, 0.05) is 33.6 Å². The fourth-order valence-electron chi connectivity index (χ4n) is 11.7. The van der Waals surface area contributed by atoms with Crippen LogP contribution in [-0.2, 0) is 5.41 Å². The third-order valence-electron chi connectivity index (χ3n) is 15.1. The van der Waals surface area contributed by atoms with Crippen LogP contribution in [0.1, 0.15) is 52.0 Å². The Kier molecular flexibility index (Phi) is 11.7. The Bertz CT molecular complexity index is 3950. The molecule has 0 radical (unpaired) electrons. The second kappa shape index (κ2) is 19.2. The Labute approximate surface area is 439 Å². The third-order valence-corrected chi connectivity index (χ3v) is 15.1. The minimum atomic E-state index is -0.582. The van der Waals surface area contributed by atoms with Crippen molar-refractivity contribution in [3.05, 3.63) is 294 Å². The van der Waals surface area contributed by atoms with Gasteiger partial charge in [-0.15, -0.1) is 0 Å². The number of nitrogens with zero attached hydrogens (tertiary/aromatic N) is 4. The average molecular weight is 961 g/mol. The molecule has 0 atom stereocenters. The van der Waals surface area contributed by atoms with Crippen LogP contribution in [0.15, 0.2) is 255 Å². The van der Waals surface area contributed by atoms with E-state index in [1.165, 1.54) is 61.2 Å². The molecule has 75 heavy (non-hydrogen) atoms. The van der Waals surface area contributed by atoms with Crippen LogP contribution < -0.4 is 0 Å². The zero-order chi connectivity index (χ0) is 50.3. The molecular formula is C71H52N4. The molecule has 9 aromatic carbocycles. The lowest BCUT2D eigenvalue weighted by atomic mass is 9.67. The monoisotopic (exact) mass is 960 g/mol. The summed E-state index contributed by atoms with van der Waals surface area (Å²) in [6.45, 7) is 4.11. The molecule has 4 heteroatoms. The van der Waals surface area contributed by atoms with E-state index in [1.807, 2.05) is 6.92 Å². The summed E-state index contributed by atoms with van der Waals surface area (Å²) in [5, 5.41) is 0. The zero-order valence-electron chi connectivity index (χ0n) is 42.0. The lowest BCUT2D eigenvalue weighted by molar-refractivity contribution is 0.768. The number of benzene rings is 9. The van der Waals surface area contributed by atoms with Gasteiger partial charge < -0.3 is 0 Å². The number of aromatic nitrogens is 4. The fourth-order valence-corrected chi connectivity index (χ4v) is 11.7. The molecule has 0 amide bonds. The van der Waals surface area contributed by atoms with Gasteiger partial charge in [-0.2, -0.15) is 0 Å². The predicted molar refractivity (Wildman–Crippen MR) is 309 cm³/mol. The van der Waals surface area contributed by atoms with E-state index in [-0.39, 0.29) is 0 Å². The Balaban J connectivity index is 1.03. The van der Waals surface area contributed by atoms with Crippen molar-refractivity contribution in [3.8, 4) is 89.8 Å². The summed E-state index contributed by atoms with van der Waals surface area (Å²) in [5.41, 5.74) is 22.8. The molecule has 2 aliphatic carbocycles. The maximum absolute atomic E-state index is 5.53. The highest BCUT2D eigenvalue weighted by Crippen LogP contribution is 2.58. The average Bonchev–Trinajstić information content (AvgIpc) is 3.91. The number of rotatable bonds is 10. The molecule has 2 aromatic heterocycles. The van der Waals surface area contributed by atoms with Crippen LogP contribution in [0.25, 0.3) is 95.4 Å². The predicted octanol–water partition coefficient (Wildman–Crippen LogP) is 17.6. The summed E-state index contributed by atoms with van der Waals surface area (Å²) in [4.78, 5) is 21.4. The highest BCUT2D eigenvalue weighted by atomic mass is 15.0. The van der Waals surface area contributed by atoms with Crippen molar-refractivity contribution in [2.75, 3.05) is 0 Å². The molecular weight excluding hydrogens is 909 g/mol. The van der Waals surface area contributed by atoms with E-state index in [2.05, 4.69) is 262 Å². The van der Waals surface area contributed by atoms with Gasteiger partial charge in [-0.1, -0.05) is 237 Å². The van der Waals surface area contributed by atoms with E-state index >= 15 is 0 Å². The molecule has 13 rings (SSSR count). The van der Waals surface area contributed by atoms with E-state index in [4.69, 9.17) is 19.9 Å². The summed E-state index contributed by atoms with van der Waals surface area (Å²) >= 11 is 0. The number of pyridine rings is 1. The summed E-state index contributed by atoms with van der Waals surface area (Å²) in [6.07, 6.45) is 9.03. The molecule has 356 valence electrons. The Morgan fingerprint density at radius 2 is 0.880 bits per heavy atom. The molecule has 0 saturated carbocycles. The molecule has 4 nitrogen and oxygen atoms in total. The van der Waals surface area contributed by atoms with Gasteiger partial charge in [0.25, 0.3) is 0 Å². The summed E-state index contributed by atoms with van der Waals surface area (Å²) < 4.78 is 0. The van der Waals surface area contributed by atoms with Gasteiger partial charge >= 0.3 is 0 Å². The van der Waals surface area contributed by atoms with Crippen molar-refractivity contribution in [2.45, 2.75) is 32.1 Å². The van der Waals surface area contributed by atoms with Crippen molar-refractivity contribution in [1.29, 1.82) is 0 Å². The fraction of sp³-hybridized carbons (Fsp3) is 0.0704. The van der Waals surface area contributed by atoms with E-state index in [0.717, 1.165) is 68.7 Å². The zero-order valence-corrected chi connectivity index (χ0v) is 42.0. The van der Waals surface area contributed by atoms with Crippen molar-refractivity contribution < 1.29 is 0 Å². The first-order valence-corrected chi connectivity index (χ1v) is 25.9. The maximum atomic E-state index is 5.53. The second-order valence-corrected chi connectivity index (χ2v) is 19.6. The minimum Gasteiger partial charge on any atom is -0.258 e. The van der Waals surface area contributed by atoms with Crippen molar-refractivity contribution in [3.63, 3.8) is 0 Å². The van der Waals surface area contributed by atoms with Crippen molar-refractivity contribution in [1.82, 2.24) is 19.9 Å². The molecule has 0 aliphatic heterocycles. The van der Waals surface area contributed by atoms with Gasteiger partial charge in [0.15, 0.2) is 17.5 Å². The number of hydrogen-bond acceptors (Lipinski definition) is 4.